The van der Waals surface area contributed by atoms with Crippen LogP contribution in [-0.2, 0) is 4.74 Å². The number of nitrogens with zero attached hydrogens (tertiary/aromatic N) is 1. The van der Waals surface area contributed by atoms with Crippen LogP contribution in [0, 0.1) is 11.3 Å². The Morgan fingerprint density at radius 2 is 2.00 bits per heavy atom. The third kappa shape index (κ3) is 2.68. The summed E-state index contributed by atoms with van der Waals surface area (Å²) >= 11 is 0. The summed E-state index contributed by atoms with van der Waals surface area (Å²) in [5.41, 5.74) is 0.429. The van der Waals surface area contributed by atoms with Gasteiger partial charge in [0.1, 0.15) is 0 Å². The number of hydrogen-bond acceptors (Lipinski definition) is 2. The first kappa shape index (κ1) is 11.0. The van der Waals surface area contributed by atoms with E-state index in [9.17, 15) is 0 Å². The van der Waals surface area contributed by atoms with Crippen LogP contribution in [0.25, 0.3) is 0 Å². The topological polar surface area (TPSA) is 12.5 Å². The number of ether oxygens (including phenoxy) is 1. The van der Waals surface area contributed by atoms with Crippen LogP contribution in [0.5, 0.6) is 0 Å². The third-order valence-corrected chi connectivity index (χ3v) is 3.21. The van der Waals surface area contributed by atoms with Crippen LogP contribution in [0.15, 0.2) is 0 Å². The zero-order valence-corrected chi connectivity index (χ0v) is 9.47. The van der Waals surface area contributed by atoms with E-state index in [-0.39, 0.29) is 0 Å². The van der Waals surface area contributed by atoms with Gasteiger partial charge in [-0.05, 0) is 39.3 Å². The van der Waals surface area contributed by atoms with Gasteiger partial charge in [-0.3, -0.25) is 0 Å². The van der Waals surface area contributed by atoms with Crippen LogP contribution in [0.2, 0.25) is 0 Å². The molecular weight excluding hydrogens is 162 g/mol. The Bertz CT molecular complexity index is 154. The molecule has 0 aromatic heterocycles. The third-order valence-electron chi connectivity index (χ3n) is 3.21. The zero-order chi connectivity index (χ0) is 9.90. The molecule has 78 valence electrons. The highest BCUT2D eigenvalue weighted by Crippen LogP contribution is 2.48. The second kappa shape index (κ2) is 4.43. The first-order chi connectivity index (χ1) is 6.14. The lowest BCUT2D eigenvalue weighted by molar-refractivity contribution is 0.0370. The molecule has 0 amide bonds. The summed E-state index contributed by atoms with van der Waals surface area (Å²) in [6.45, 7) is 4.38. The monoisotopic (exact) mass is 185 g/mol. The molecule has 0 spiro atoms. The van der Waals surface area contributed by atoms with E-state index in [1.807, 2.05) is 7.11 Å². The standard InChI is InChI=1S/C11H23NO/c1-5-11(9-13-4,8-12(2)3)10-6-7-10/h10H,5-9H2,1-4H3. The molecular formula is C11H23NO. The van der Waals surface area contributed by atoms with E-state index in [1.165, 1.54) is 25.8 Å². The predicted molar refractivity (Wildman–Crippen MR) is 55.9 cm³/mol. The summed E-state index contributed by atoms with van der Waals surface area (Å²) < 4.78 is 5.37. The van der Waals surface area contributed by atoms with E-state index in [2.05, 4.69) is 25.9 Å². The van der Waals surface area contributed by atoms with Crippen LogP contribution < -0.4 is 0 Å². The summed E-state index contributed by atoms with van der Waals surface area (Å²) in [4.78, 5) is 2.29. The Kier molecular flexibility index (Phi) is 3.74. The SMILES string of the molecule is CCC(COC)(CN(C)C)C1CC1. The lowest BCUT2D eigenvalue weighted by Crippen LogP contribution is -2.38. The molecule has 0 aliphatic heterocycles. The lowest BCUT2D eigenvalue weighted by Gasteiger charge is -2.35. The van der Waals surface area contributed by atoms with Gasteiger partial charge in [0, 0.05) is 19.1 Å². The van der Waals surface area contributed by atoms with E-state index in [0.29, 0.717) is 5.41 Å². The lowest BCUT2D eigenvalue weighted by atomic mass is 9.80. The van der Waals surface area contributed by atoms with Crippen LogP contribution >= 0.6 is 0 Å². The average molecular weight is 185 g/mol. The summed E-state index contributed by atoms with van der Waals surface area (Å²) in [6, 6.07) is 0. The highest BCUT2D eigenvalue weighted by Gasteiger charge is 2.43. The molecule has 2 nitrogen and oxygen atoms in total. The minimum atomic E-state index is 0.429. The van der Waals surface area contributed by atoms with E-state index < -0.39 is 0 Å². The highest BCUT2D eigenvalue weighted by atomic mass is 16.5. The van der Waals surface area contributed by atoms with Crippen LogP contribution in [0.3, 0.4) is 0 Å². The second-order valence-electron chi connectivity index (χ2n) is 4.66. The number of rotatable bonds is 6. The van der Waals surface area contributed by atoms with E-state index >= 15 is 0 Å². The van der Waals surface area contributed by atoms with Gasteiger partial charge in [0.15, 0.2) is 0 Å². The van der Waals surface area contributed by atoms with Crippen molar-refractivity contribution < 1.29 is 4.74 Å². The molecule has 1 saturated carbocycles. The van der Waals surface area contributed by atoms with Gasteiger partial charge in [-0.25, -0.2) is 0 Å². The maximum Gasteiger partial charge on any atom is 0.0533 e. The Morgan fingerprint density at radius 3 is 2.31 bits per heavy atom. The van der Waals surface area contributed by atoms with Gasteiger partial charge in [0.05, 0.1) is 6.61 Å². The normalized spacial score (nSPS) is 21.9. The van der Waals surface area contributed by atoms with Gasteiger partial charge in [0.25, 0.3) is 0 Å². The van der Waals surface area contributed by atoms with Crippen LogP contribution in [0.4, 0.5) is 0 Å². The van der Waals surface area contributed by atoms with Gasteiger partial charge in [0.2, 0.25) is 0 Å². The molecule has 0 heterocycles. The Hall–Kier alpha value is -0.0800. The van der Waals surface area contributed by atoms with Crippen molar-refractivity contribution in [2.45, 2.75) is 26.2 Å². The minimum absolute atomic E-state index is 0.429. The smallest absolute Gasteiger partial charge is 0.0533 e. The molecule has 0 N–H and O–H groups in total. The predicted octanol–water partition coefficient (Wildman–Crippen LogP) is 2.00. The van der Waals surface area contributed by atoms with Crippen molar-refractivity contribution >= 4 is 0 Å². The van der Waals surface area contributed by atoms with E-state index in [0.717, 1.165) is 12.5 Å². The Morgan fingerprint density at radius 1 is 1.38 bits per heavy atom. The van der Waals surface area contributed by atoms with Crippen molar-refractivity contribution in [2.75, 3.05) is 34.4 Å². The maximum atomic E-state index is 5.37. The maximum absolute atomic E-state index is 5.37. The average Bonchev–Trinajstić information content (AvgIpc) is 2.85. The molecule has 1 unspecified atom stereocenters. The summed E-state index contributed by atoms with van der Waals surface area (Å²) in [6.07, 6.45) is 4.06. The van der Waals surface area contributed by atoms with Crippen molar-refractivity contribution in [3.63, 3.8) is 0 Å². The number of hydrogen-bond donors (Lipinski definition) is 0. The fourth-order valence-electron chi connectivity index (χ4n) is 2.41. The molecule has 1 aliphatic rings. The molecule has 1 rings (SSSR count). The number of methoxy groups -OCH3 is 1. The second-order valence-corrected chi connectivity index (χ2v) is 4.66. The van der Waals surface area contributed by atoms with Gasteiger partial charge in [-0.2, -0.15) is 0 Å². The molecule has 0 aromatic carbocycles. The molecule has 2 heteroatoms. The van der Waals surface area contributed by atoms with E-state index in [4.69, 9.17) is 4.74 Å². The molecule has 0 bridgehead atoms. The van der Waals surface area contributed by atoms with Crippen molar-refractivity contribution in [2.24, 2.45) is 11.3 Å². The van der Waals surface area contributed by atoms with Crippen molar-refractivity contribution in [3.05, 3.63) is 0 Å². The fourth-order valence-corrected chi connectivity index (χ4v) is 2.41. The minimum Gasteiger partial charge on any atom is -0.384 e. The van der Waals surface area contributed by atoms with Gasteiger partial charge in [-0.1, -0.05) is 6.92 Å². The first-order valence-corrected chi connectivity index (χ1v) is 5.28. The summed E-state index contributed by atoms with van der Waals surface area (Å²) in [5, 5.41) is 0. The van der Waals surface area contributed by atoms with Gasteiger partial charge in [-0.15, -0.1) is 0 Å². The zero-order valence-electron chi connectivity index (χ0n) is 9.47. The molecule has 13 heavy (non-hydrogen) atoms. The summed E-state index contributed by atoms with van der Waals surface area (Å²) in [5.74, 6) is 0.917. The van der Waals surface area contributed by atoms with Gasteiger partial charge < -0.3 is 9.64 Å². The molecule has 0 radical (unpaired) electrons. The van der Waals surface area contributed by atoms with Gasteiger partial charge >= 0.3 is 0 Å². The largest absolute Gasteiger partial charge is 0.384 e. The first-order valence-electron chi connectivity index (χ1n) is 5.28. The van der Waals surface area contributed by atoms with Crippen molar-refractivity contribution in [1.82, 2.24) is 4.90 Å². The van der Waals surface area contributed by atoms with Crippen molar-refractivity contribution in [3.8, 4) is 0 Å². The highest BCUT2D eigenvalue weighted by molar-refractivity contribution is 4.94. The van der Waals surface area contributed by atoms with Crippen LogP contribution in [-0.4, -0.2) is 39.3 Å². The fraction of sp³-hybridized carbons (Fsp3) is 1.00. The quantitative estimate of drug-likeness (QED) is 0.627. The molecule has 1 atom stereocenters. The summed E-state index contributed by atoms with van der Waals surface area (Å²) in [7, 11) is 6.13. The molecule has 1 fully saturated rings. The molecule has 0 aromatic rings. The van der Waals surface area contributed by atoms with E-state index in [1.54, 1.807) is 0 Å². The molecule has 0 saturated heterocycles. The molecule has 1 aliphatic carbocycles. The Labute approximate surface area is 82.3 Å². The van der Waals surface area contributed by atoms with Crippen molar-refractivity contribution in [1.29, 1.82) is 0 Å². The van der Waals surface area contributed by atoms with Crippen LogP contribution in [0.1, 0.15) is 26.2 Å². The Balaban J connectivity index is 2.57.